The van der Waals surface area contributed by atoms with Gasteiger partial charge in [-0.05, 0) is 10.8 Å². The van der Waals surface area contributed by atoms with Gasteiger partial charge in [-0.3, -0.25) is 0 Å². The number of hydrogen-bond acceptors (Lipinski definition) is 1. The van der Waals surface area contributed by atoms with Crippen LogP contribution in [0.1, 0.15) is 0 Å². The molecule has 0 amide bonds. The average molecular weight is 127 g/mol. The first-order chi connectivity index (χ1) is 3.93. The van der Waals surface area contributed by atoms with Crippen LogP contribution >= 0.6 is 10.5 Å². The molecule has 0 saturated carbocycles. The van der Waals surface area contributed by atoms with Gasteiger partial charge in [-0.25, -0.2) is 0 Å². The summed E-state index contributed by atoms with van der Waals surface area (Å²) in [6.07, 6.45) is 6.09. The molecule has 0 spiro atoms. The zero-order valence-electron chi connectivity index (χ0n) is 4.58. The Morgan fingerprint density at radius 3 is 2.50 bits per heavy atom. The van der Waals surface area contributed by atoms with Crippen LogP contribution in [0.25, 0.3) is 0 Å². The minimum absolute atomic E-state index is 0.234. The second-order valence-corrected chi connectivity index (χ2v) is 3.30. The van der Waals surface area contributed by atoms with Gasteiger partial charge in [0.1, 0.15) is 0 Å². The second-order valence-electron chi connectivity index (χ2n) is 1.49. The molecular weight excluding hydrogens is 118 g/mol. The molecule has 2 heteroatoms. The van der Waals surface area contributed by atoms with E-state index in [1.807, 2.05) is 18.2 Å². The van der Waals surface area contributed by atoms with Crippen molar-refractivity contribution < 1.29 is 0 Å². The zero-order valence-corrected chi connectivity index (χ0v) is 5.40. The predicted octanol–water partition coefficient (Wildman–Crippen LogP) is 1.06. The summed E-state index contributed by atoms with van der Waals surface area (Å²) in [6, 6.07) is 0. The van der Waals surface area contributed by atoms with Crippen LogP contribution in [0.2, 0.25) is 0 Å². The molecular formula is C6H9NS. The van der Waals surface area contributed by atoms with Crippen molar-refractivity contribution in [3.8, 4) is 0 Å². The van der Waals surface area contributed by atoms with Crippen molar-refractivity contribution in [2.45, 2.75) is 0 Å². The largest absolute Gasteiger partial charge is 0.322 e. The van der Waals surface area contributed by atoms with Gasteiger partial charge in [0.2, 0.25) is 0 Å². The average Bonchev–Trinajstić information content (AvgIpc) is 1.90. The first-order valence-electron chi connectivity index (χ1n) is 2.50. The molecule has 1 aliphatic heterocycles. The molecule has 0 aromatic carbocycles. The molecule has 1 unspecified atom stereocenters. The summed E-state index contributed by atoms with van der Waals surface area (Å²) in [5.41, 5.74) is 5.40. The van der Waals surface area contributed by atoms with Crippen molar-refractivity contribution in [2.75, 3.05) is 5.88 Å². The predicted molar refractivity (Wildman–Crippen MR) is 41.0 cm³/mol. The highest BCUT2D eigenvalue weighted by Gasteiger charge is 1.83. The van der Waals surface area contributed by atoms with Crippen LogP contribution in [0.4, 0.5) is 0 Å². The van der Waals surface area contributed by atoms with Gasteiger partial charge in [0, 0.05) is 5.88 Å². The zero-order chi connectivity index (χ0) is 5.82. The van der Waals surface area contributed by atoms with E-state index >= 15 is 0 Å². The Labute approximate surface area is 51.8 Å². The fourth-order valence-corrected chi connectivity index (χ4v) is 1.41. The minimum Gasteiger partial charge on any atom is -0.322 e. The molecule has 0 fully saturated rings. The minimum atomic E-state index is 0.234. The molecule has 2 N–H and O–H groups in total. The Bertz CT molecular complexity index is 156. The Kier molecular flexibility index (Phi) is 2.06. The van der Waals surface area contributed by atoms with E-state index in [1.165, 1.54) is 0 Å². The lowest BCUT2D eigenvalue weighted by Crippen LogP contribution is -1.94. The number of allylic oxidation sites excluding steroid dienone is 3. The third kappa shape index (κ3) is 1.32. The molecule has 1 aliphatic rings. The number of rotatable bonds is 1. The van der Waals surface area contributed by atoms with Crippen molar-refractivity contribution in [2.24, 2.45) is 5.73 Å². The van der Waals surface area contributed by atoms with Gasteiger partial charge in [-0.2, -0.15) is 0 Å². The molecule has 1 heterocycles. The number of nitrogens with two attached hydrogens (primary N) is 1. The lowest BCUT2D eigenvalue weighted by Gasteiger charge is -1.97. The van der Waals surface area contributed by atoms with E-state index < -0.39 is 0 Å². The topological polar surface area (TPSA) is 26.0 Å². The van der Waals surface area contributed by atoms with Crippen LogP contribution in [0, 0.1) is 0 Å². The SMILES string of the molecule is NCS1=CC=CC=C1. The van der Waals surface area contributed by atoms with Crippen molar-refractivity contribution >= 4 is 15.9 Å². The van der Waals surface area contributed by atoms with E-state index in [4.69, 9.17) is 5.73 Å². The first kappa shape index (κ1) is 5.79. The van der Waals surface area contributed by atoms with Crippen LogP contribution in [0.3, 0.4) is 0 Å². The summed E-state index contributed by atoms with van der Waals surface area (Å²) in [5, 5.41) is 4.25. The maximum absolute atomic E-state index is 5.40. The van der Waals surface area contributed by atoms with Crippen molar-refractivity contribution in [1.82, 2.24) is 0 Å². The van der Waals surface area contributed by atoms with Crippen LogP contribution in [-0.2, 0) is 0 Å². The molecule has 0 radical (unpaired) electrons. The van der Waals surface area contributed by atoms with Gasteiger partial charge >= 0.3 is 0 Å². The van der Waals surface area contributed by atoms with Gasteiger partial charge in [-0.15, -0.1) is 10.5 Å². The Morgan fingerprint density at radius 2 is 2.12 bits per heavy atom. The molecule has 1 nitrogen and oxygen atoms in total. The van der Waals surface area contributed by atoms with E-state index in [9.17, 15) is 0 Å². The maximum atomic E-state index is 5.40. The fourth-order valence-electron chi connectivity index (χ4n) is 0.513. The molecule has 0 aromatic heterocycles. The summed E-state index contributed by atoms with van der Waals surface area (Å²) < 4.78 is 0. The summed E-state index contributed by atoms with van der Waals surface area (Å²) in [7, 11) is 0.234. The van der Waals surface area contributed by atoms with Crippen LogP contribution in [0.15, 0.2) is 23.6 Å². The quantitative estimate of drug-likeness (QED) is 0.524. The van der Waals surface area contributed by atoms with Gasteiger partial charge in [0.25, 0.3) is 0 Å². The summed E-state index contributed by atoms with van der Waals surface area (Å²) in [6.45, 7) is 0. The highest BCUT2D eigenvalue weighted by Crippen LogP contribution is 2.12. The van der Waals surface area contributed by atoms with E-state index in [1.54, 1.807) is 0 Å². The Balaban J connectivity index is 2.68. The normalized spacial score (nSPS) is 25.4. The lowest BCUT2D eigenvalue weighted by atomic mass is 10.5. The Hall–Kier alpha value is -0.340. The van der Waals surface area contributed by atoms with Crippen LogP contribution in [-0.4, -0.2) is 11.2 Å². The summed E-state index contributed by atoms with van der Waals surface area (Å²) in [4.78, 5) is 0. The maximum Gasteiger partial charge on any atom is 0.0380 e. The van der Waals surface area contributed by atoms with Crippen molar-refractivity contribution in [1.29, 1.82) is 0 Å². The smallest absolute Gasteiger partial charge is 0.0380 e. The molecule has 0 aliphatic carbocycles. The molecule has 0 saturated heterocycles. The lowest BCUT2D eigenvalue weighted by molar-refractivity contribution is 1.40. The van der Waals surface area contributed by atoms with E-state index in [0.717, 1.165) is 5.88 Å². The highest BCUT2D eigenvalue weighted by atomic mass is 32.2. The van der Waals surface area contributed by atoms with Crippen LogP contribution < -0.4 is 5.73 Å². The molecule has 8 heavy (non-hydrogen) atoms. The van der Waals surface area contributed by atoms with E-state index in [0.29, 0.717) is 0 Å². The molecule has 1 rings (SSSR count). The van der Waals surface area contributed by atoms with Crippen molar-refractivity contribution in [3.63, 3.8) is 0 Å². The monoisotopic (exact) mass is 127 g/mol. The Morgan fingerprint density at radius 1 is 1.25 bits per heavy atom. The molecule has 0 aromatic rings. The molecule has 44 valence electrons. The van der Waals surface area contributed by atoms with E-state index in [2.05, 4.69) is 10.8 Å². The van der Waals surface area contributed by atoms with Crippen molar-refractivity contribution in [3.05, 3.63) is 23.6 Å². The van der Waals surface area contributed by atoms with Gasteiger partial charge in [0.05, 0.1) is 0 Å². The summed E-state index contributed by atoms with van der Waals surface area (Å²) >= 11 is 0. The fraction of sp³-hybridized carbons (Fsp3) is 0.167. The summed E-state index contributed by atoms with van der Waals surface area (Å²) in [5.74, 6) is 0.751. The standard InChI is InChI=1S/C6H9NS/c7-6-8-4-2-1-3-5-8/h1-5H,6-7H2. The third-order valence-electron chi connectivity index (χ3n) is 0.921. The third-order valence-corrected chi connectivity index (χ3v) is 2.32. The van der Waals surface area contributed by atoms with Crippen LogP contribution in [0.5, 0.6) is 0 Å². The van der Waals surface area contributed by atoms with Gasteiger partial charge < -0.3 is 5.73 Å². The number of hydrogen-bond donors (Lipinski definition) is 1. The van der Waals surface area contributed by atoms with Gasteiger partial charge in [-0.1, -0.05) is 18.2 Å². The second kappa shape index (κ2) is 2.84. The highest BCUT2D eigenvalue weighted by molar-refractivity contribution is 8.17. The molecule has 0 bridgehead atoms. The van der Waals surface area contributed by atoms with Gasteiger partial charge in [0.15, 0.2) is 0 Å². The first-order valence-corrected chi connectivity index (χ1v) is 4.02. The molecule has 1 atom stereocenters. The van der Waals surface area contributed by atoms with E-state index in [-0.39, 0.29) is 10.5 Å².